The lowest BCUT2D eigenvalue weighted by Gasteiger charge is -2.04. The molecule has 1 aliphatic rings. The second kappa shape index (κ2) is 4.47. The first kappa shape index (κ1) is 7.76. The van der Waals surface area contributed by atoms with Crippen LogP contribution in [-0.4, -0.2) is 24.3 Å². The minimum atomic E-state index is 0.173. The highest BCUT2D eigenvalue weighted by atomic mass is 16.2. The summed E-state index contributed by atoms with van der Waals surface area (Å²) < 4.78 is 0. The van der Waals surface area contributed by atoms with E-state index in [2.05, 4.69) is 5.32 Å². The largest absolute Gasteiger partial charge is 0.392 e. The Kier molecular flexibility index (Phi) is 3.47. The van der Waals surface area contributed by atoms with Crippen molar-refractivity contribution in [3.8, 4) is 0 Å². The Hall–Kier alpha value is -0.340. The molecule has 2 nitrogen and oxygen atoms in total. The van der Waals surface area contributed by atoms with Crippen molar-refractivity contribution in [2.45, 2.75) is 25.3 Å². The number of hydrogen-bond donors (Lipinski definition) is 2. The quantitative estimate of drug-likeness (QED) is 0.566. The van der Waals surface area contributed by atoms with Gasteiger partial charge in [-0.2, -0.15) is 0 Å². The van der Waals surface area contributed by atoms with E-state index in [0.29, 0.717) is 6.04 Å². The summed E-state index contributed by atoms with van der Waals surface area (Å²) in [6, 6.07) is 0.669. The number of aliphatic hydroxyl groups is 1. The van der Waals surface area contributed by atoms with E-state index in [1.165, 1.54) is 12.8 Å². The topological polar surface area (TPSA) is 32.3 Å². The van der Waals surface area contributed by atoms with Crippen molar-refractivity contribution in [2.24, 2.45) is 0 Å². The molecule has 1 aliphatic heterocycles. The van der Waals surface area contributed by atoms with Gasteiger partial charge in [0, 0.05) is 6.04 Å². The van der Waals surface area contributed by atoms with Crippen molar-refractivity contribution in [1.82, 2.24) is 5.32 Å². The van der Waals surface area contributed by atoms with Crippen LogP contribution in [0.3, 0.4) is 0 Å². The van der Waals surface area contributed by atoms with Crippen molar-refractivity contribution >= 4 is 0 Å². The van der Waals surface area contributed by atoms with E-state index in [0.717, 1.165) is 13.0 Å². The maximum Gasteiger partial charge on any atom is 0.0612 e. The standard InChI is InChI=1S/C8H15NO/c10-7-2-1-4-8-5-3-6-9-8/h1-2,8-10H,3-7H2/b2-1-. The Morgan fingerprint density at radius 3 is 3.00 bits per heavy atom. The van der Waals surface area contributed by atoms with Crippen molar-refractivity contribution in [1.29, 1.82) is 0 Å². The molecule has 0 bridgehead atoms. The Balaban J connectivity index is 2.06. The third-order valence-electron chi connectivity index (χ3n) is 1.86. The Labute approximate surface area is 61.9 Å². The Bertz CT molecular complexity index is 106. The molecule has 0 radical (unpaired) electrons. The fourth-order valence-corrected chi connectivity index (χ4v) is 1.29. The second-order valence-electron chi connectivity index (χ2n) is 2.68. The molecule has 0 amide bonds. The first-order valence-corrected chi connectivity index (χ1v) is 3.92. The monoisotopic (exact) mass is 141 g/mol. The molecule has 1 fully saturated rings. The molecule has 1 saturated heterocycles. The van der Waals surface area contributed by atoms with Crippen LogP contribution in [0.25, 0.3) is 0 Å². The van der Waals surface area contributed by atoms with Gasteiger partial charge < -0.3 is 10.4 Å². The highest BCUT2D eigenvalue weighted by molar-refractivity contribution is 4.87. The maximum absolute atomic E-state index is 8.43. The molecular weight excluding hydrogens is 126 g/mol. The van der Waals surface area contributed by atoms with Gasteiger partial charge >= 0.3 is 0 Å². The van der Waals surface area contributed by atoms with Crippen molar-refractivity contribution in [3.63, 3.8) is 0 Å². The van der Waals surface area contributed by atoms with E-state index in [9.17, 15) is 0 Å². The third kappa shape index (κ3) is 2.50. The maximum atomic E-state index is 8.43. The molecule has 0 aliphatic carbocycles. The Morgan fingerprint density at radius 1 is 1.50 bits per heavy atom. The van der Waals surface area contributed by atoms with E-state index in [-0.39, 0.29) is 6.61 Å². The number of rotatable bonds is 3. The van der Waals surface area contributed by atoms with Gasteiger partial charge in [-0.3, -0.25) is 0 Å². The lowest BCUT2D eigenvalue weighted by atomic mass is 10.1. The van der Waals surface area contributed by atoms with Crippen LogP contribution in [0.1, 0.15) is 19.3 Å². The zero-order valence-electron chi connectivity index (χ0n) is 6.21. The summed E-state index contributed by atoms with van der Waals surface area (Å²) in [6.45, 7) is 1.34. The van der Waals surface area contributed by atoms with Gasteiger partial charge in [0.2, 0.25) is 0 Å². The van der Waals surface area contributed by atoms with Gasteiger partial charge in [-0.25, -0.2) is 0 Å². The van der Waals surface area contributed by atoms with Gasteiger partial charge in [-0.05, 0) is 25.8 Å². The predicted molar refractivity (Wildman–Crippen MR) is 41.9 cm³/mol. The van der Waals surface area contributed by atoms with E-state index in [1.807, 2.05) is 6.08 Å². The van der Waals surface area contributed by atoms with Gasteiger partial charge in [0.1, 0.15) is 0 Å². The summed E-state index contributed by atoms with van der Waals surface area (Å²) >= 11 is 0. The van der Waals surface area contributed by atoms with Crippen LogP contribution in [0.4, 0.5) is 0 Å². The highest BCUT2D eigenvalue weighted by Crippen LogP contribution is 2.08. The zero-order chi connectivity index (χ0) is 7.23. The van der Waals surface area contributed by atoms with Gasteiger partial charge in [-0.15, -0.1) is 0 Å². The summed E-state index contributed by atoms with van der Waals surface area (Å²) in [6.07, 6.45) is 7.51. The summed E-state index contributed by atoms with van der Waals surface area (Å²) in [5.74, 6) is 0. The Morgan fingerprint density at radius 2 is 2.40 bits per heavy atom. The minimum absolute atomic E-state index is 0.173. The average Bonchev–Trinajstić information content (AvgIpc) is 2.41. The molecular formula is C8H15NO. The average molecular weight is 141 g/mol. The summed E-state index contributed by atoms with van der Waals surface area (Å²) in [7, 11) is 0. The van der Waals surface area contributed by atoms with Crippen molar-refractivity contribution in [3.05, 3.63) is 12.2 Å². The lowest BCUT2D eigenvalue weighted by molar-refractivity contribution is 0.342. The second-order valence-corrected chi connectivity index (χ2v) is 2.68. The molecule has 58 valence electrons. The van der Waals surface area contributed by atoms with Crippen LogP contribution in [0.15, 0.2) is 12.2 Å². The fourth-order valence-electron chi connectivity index (χ4n) is 1.29. The third-order valence-corrected chi connectivity index (χ3v) is 1.86. The molecule has 0 aromatic heterocycles. The SMILES string of the molecule is OC/C=C\CC1CCCN1. The molecule has 0 aromatic carbocycles. The lowest BCUT2D eigenvalue weighted by Crippen LogP contribution is -2.19. The predicted octanol–water partition coefficient (Wildman–Crippen LogP) is 0.677. The summed E-state index contributed by atoms with van der Waals surface area (Å²) in [4.78, 5) is 0. The number of hydrogen-bond acceptors (Lipinski definition) is 2. The molecule has 10 heavy (non-hydrogen) atoms. The van der Waals surface area contributed by atoms with Crippen LogP contribution in [0.5, 0.6) is 0 Å². The van der Waals surface area contributed by atoms with Gasteiger partial charge in [0.25, 0.3) is 0 Å². The van der Waals surface area contributed by atoms with E-state index < -0.39 is 0 Å². The van der Waals surface area contributed by atoms with Crippen LogP contribution in [0, 0.1) is 0 Å². The zero-order valence-corrected chi connectivity index (χ0v) is 6.21. The normalized spacial score (nSPS) is 26.3. The van der Waals surface area contributed by atoms with Gasteiger partial charge in [0.05, 0.1) is 6.61 Å². The molecule has 2 N–H and O–H groups in total. The fraction of sp³-hybridized carbons (Fsp3) is 0.750. The smallest absolute Gasteiger partial charge is 0.0612 e. The first-order chi connectivity index (χ1) is 4.93. The van der Waals surface area contributed by atoms with Crippen LogP contribution < -0.4 is 5.32 Å². The van der Waals surface area contributed by atoms with Gasteiger partial charge in [-0.1, -0.05) is 12.2 Å². The number of nitrogens with one attached hydrogen (secondary N) is 1. The summed E-state index contributed by atoms with van der Waals surface area (Å²) in [5.41, 5.74) is 0. The molecule has 1 rings (SSSR count). The van der Waals surface area contributed by atoms with Gasteiger partial charge in [0.15, 0.2) is 0 Å². The summed E-state index contributed by atoms with van der Waals surface area (Å²) in [5, 5.41) is 11.8. The minimum Gasteiger partial charge on any atom is -0.392 e. The molecule has 1 heterocycles. The van der Waals surface area contributed by atoms with E-state index in [1.54, 1.807) is 6.08 Å². The van der Waals surface area contributed by atoms with Crippen LogP contribution in [0.2, 0.25) is 0 Å². The number of aliphatic hydroxyl groups excluding tert-OH is 1. The van der Waals surface area contributed by atoms with E-state index >= 15 is 0 Å². The molecule has 0 spiro atoms. The molecule has 0 aromatic rings. The first-order valence-electron chi connectivity index (χ1n) is 3.92. The van der Waals surface area contributed by atoms with Crippen LogP contribution in [-0.2, 0) is 0 Å². The van der Waals surface area contributed by atoms with E-state index in [4.69, 9.17) is 5.11 Å². The molecule has 0 saturated carbocycles. The molecule has 2 heteroatoms. The molecule has 1 atom stereocenters. The van der Waals surface area contributed by atoms with Crippen LogP contribution >= 0.6 is 0 Å². The molecule has 1 unspecified atom stereocenters. The van der Waals surface area contributed by atoms with Crippen molar-refractivity contribution < 1.29 is 5.11 Å². The highest BCUT2D eigenvalue weighted by Gasteiger charge is 2.10. The van der Waals surface area contributed by atoms with Crippen molar-refractivity contribution in [2.75, 3.05) is 13.2 Å².